The highest BCUT2D eigenvalue weighted by Crippen LogP contribution is 2.31. The Morgan fingerprint density at radius 1 is 1.26 bits per heavy atom. The normalized spacial score (nSPS) is 11.6. The molecule has 0 aliphatic heterocycles. The molecule has 0 N–H and O–H groups in total. The zero-order valence-corrected chi connectivity index (χ0v) is 9.81. The third kappa shape index (κ3) is 2.68. The first-order chi connectivity index (χ1) is 8.79. The molecule has 1 aromatic carbocycles. The van der Waals surface area contributed by atoms with Crippen LogP contribution in [0.4, 0.5) is 18.9 Å². The number of nitro groups is 1. The summed E-state index contributed by atoms with van der Waals surface area (Å²) in [6.45, 7) is 0. The highest BCUT2D eigenvalue weighted by molar-refractivity contribution is 6.29. The number of halogens is 4. The average molecular weight is 292 g/mol. The van der Waals surface area contributed by atoms with Gasteiger partial charge >= 0.3 is 6.18 Å². The van der Waals surface area contributed by atoms with E-state index in [1.54, 1.807) is 0 Å². The van der Waals surface area contributed by atoms with Crippen LogP contribution >= 0.6 is 11.6 Å². The van der Waals surface area contributed by atoms with Crippen molar-refractivity contribution in [1.29, 1.82) is 0 Å². The van der Waals surface area contributed by atoms with E-state index in [-0.39, 0.29) is 16.5 Å². The second-order valence-electron chi connectivity index (χ2n) is 3.54. The molecule has 5 nitrogen and oxygen atoms in total. The monoisotopic (exact) mass is 291 g/mol. The van der Waals surface area contributed by atoms with Crippen LogP contribution in [0.2, 0.25) is 5.15 Å². The molecule has 0 bridgehead atoms. The van der Waals surface area contributed by atoms with Crippen LogP contribution in [-0.4, -0.2) is 14.7 Å². The van der Waals surface area contributed by atoms with E-state index in [4.69, 9.17) is 11.6 Å². The number of rotatable bonds is 2. The lowest BCUT2D eigenvalue weighted by atomic mass is 10.3. The maximum Gasteiger partial charge on any atom is 0.435 e. The van der Waals surface area contributed by atoms with Gasteiger partial charge in [0, 0.05) is 18.2 Å². The Bertz CT molecular complexity index is 622. The first kappa shape index (κ1) is 13.3. The summed E-state index contributed by atoms with van der Waals surface area (Å²) in [6.07, 6.45) is -4.60. The van der Waals surface area contributed by atoms with Gasteiger partial charge < -0.3 is 0 Å². The fourth-order valence-corrected chi connectivity index (χ4v) is 1.63. The van der Waals surface area contributed by atoms with Crippen molar-refractivity contribution in [2.75, 3.05) is 0 Å². The quantitative estimate of drug-likeness (QED) is 0.629. The number of hydrogen-bond donors (Lipinski definition) is 0. The van der Waals surface area contributed by atoms with Gasteiger partial charge in [-0.15, -0.1) is 0 Å². The van der Waals surface area contributed by atoms with E-state index in [1.165, 1.54) is 12.1 Å². The lowest BCUT2D eigenvalue weighted by Gasteiger charge is -2.03. The molecular formula is C10H5ClF3N3O2. The number of benzene rings is 1. The van der Waals surface area contributed by atoms with Crippen molar-refractivity contribution < 1.29 is 18.1 Å². The minimum Gasteiger partial charge on any atom is -0.258 e. The van der Waals surface area contributed by atoms with Crippen LogP contribution in [0.1, 0.15) is 5.69 Å². The molecular weight excluding hydrogens is 287 g/mol. The van der Waals surface area contributed by atoms with Gasteiger partial charge in [0.1, 0.15) is 5.15 Å². The van der Waals surface area contributed by atoms with E-state index in [0.29, 0.717) is 6.07 Å². The smallest absolute Gasteiger partial charge is 0.258 e. The van der Waals surface area contributed by atoms with Crippen molar-refractivity contribution in [3.8, 4) is 5.69 Å². The second kappa shape index (κ2) is 4.54. The van der Waals surface area contributed by atoms with Crippen molar-refractivity contribution in [3.05, 3.63) is 51.3 Å². The zero-order chi connectivity index (χ0) is 14.2. The molecule has 0 atom stereocenters. The van der Waals surface area contributed by atoms with Crippen molar-refractivity contribution in [3.63, 3.8) is 0 Å². The molecule has 1 heterocycles. The lowest BCUT2D eigenvalue weighted by Crippen LogP contribution is -2.07. The van der Waals surface area contributed by atoms with Gasteiger partial charge in [0.25, 0.3) is 5.69 Å². The van der Waals surface area contributed by atoms with E-state index in [0.717, 1.165) is 16.8 Å². The molecule has 0 fully saturated rings. The van der Waals surface area contributed by atoms with Crippen molar-refractivity contribution in [1.82, 2.24) is 9.78 Å². The SMILES string of the molecule is O=[N+]([O-])c1ccc(-n2nc(C(F)(F)F)cc2Cl)cc1. The lowest BCUT2D eigenvalue weighted by molar-refractivity contribution is -0.384. The second-order valence-corrected chi connectivity index (χ2v) is 3.92. The van der Waals surface area contributed by atoms with Crippen LogP contribution in [0, 0.1) is 10.1 Å². The third-order valence-electron chi connectivity index (χ3n) is 2.26. The van der Waals surface area contributed by atoms with Gasteiger partial charge in [-0.1, -0.05) is 11.6 Å². The third-order valence-corrected chi connectivity index (χ3v) is 2.53. The van der Waals surface area contributed by atoms with Crippen LogP contribution in [0.15, 0.2) is 30.3 Å². The van der Waals surface area contributed by atoms with E-state index >= 15 is 0 Å². The topological polar surface area (TPSA) is 61.0 Å². The van der Waals surface area contributed by atoms with Gasteiger partial charge in [-0.3, -0.25) is 10.1 Å². The number of alkyl halides is 3. The van der Waals surface area contributed by atoms with Crippen LogP contribution in [0.3, 0.4) is 0 Å². The Kier molecular flexibility index (Phi) is 3.19. The first-order valence-corrected chi connectivity index (χ1v) is 5.24. The van der Waals surface area contributed by atoms with Gasteiger partial charge in [-0.05, 0) is 12.1 Å². The Labute approximate surface area is 109 Å². The maximum absolute atomic E-state index is 12.4. The largest absolute Gasteiger partial charge is 0.435 e. The summed E-state index contributed by atoms with van der Waals surface area (Å²) in [4.78, 5) is 9.84. The molecule has 19 heavy (non-hydrogen) atoms. The minimum atomic E-state index is -4.60. The molecule has 1 aromatic heterocycles. The standard InChI is InChI=1S/C10H5ClF3N3O2/c11-9-5-8(10(12,13)14)15-16(9)6-1-3-7(4-2-6)17(18)19/h1-5H. The number of nitrogens with zero attached hydrogens (tertiary/aromatic N) is 3. The molecule has 9 heteroatoms. The van der Waals surface area contributed by atoms with E-state index in [9.17, 15) is 23.3 Å². The number of hydrogen-bond acceptors (Lipinski definition) is 3. The number of non-ortho nitro benzene ring substituents is 1. The van der Waals surface area contributed by atoms with Gasteiger partial charge in [-0.2, -0.15) is 18.3 Å². The summed E-state index contributed by atoms with van der Waals surface area (Å²) >= 11 is 5.65. The van der Waals surface area contributed by atoms with Gasteiger partial charge in [0.15, 0.2) is 5.69 Å². The molecule has 0 saturated heterocycles. The molecule has 0 saturated carbocycles. The predicted octanol–water partition coefficient (Wildman–Crippen LogP) is 3.45. The highest BCUT2D eigenvalue weighted by atomic mass is 35.5. The average Bonchev–Trinajstić information content (AvgIpc) is 2.71. The maximum atomic E-state index is 12.4. The molecule has 0 aliphatic rings. The Morgan fingerprint density at radius 2 is 1.84 bits per heavy atom. The predicted molar refractivity (Wildman–Crippen MR) is 60.2 cm³/mol. The van der Waals surface area contributed by atoms with E-state index in [1.807, 2.05) is 0 Å². The Hall–Kier alpha value is -2.09. The van der Waals surface area contributed by atoms with Gasteiger partial charge in [-0.25, -0.2) is 4.68 Å². The van der Waals surface area contributed by atoms with Crippen molar-refractivity contribution in [2.24, 2.45) is 0 Å². The summed E-state index contributed by atoms with van der Waals surface area (Å²) in [7, 11) is 0. The van der Waals surface area contributed by atoms with E-state index < -0.39 is 16.8 Å². The van der Waals surface area contributed by atoms with Crippen LogP contribution in [-0.2, 0) is 6.18 Å². The fourth-order valence-electron chi connectivity index (χ4n) is 1.39. The number of nitro benzene ring substituents is 1. The molecule has 0 unspecified atom stereocenters. The molecule has 2 aromatic rings. The minimum absolute atomic E-state index is 0.178. The molecule has 2 rings (SSSR count). The highest BCUT2D eigenvalue weighted by Gasteiger charge is 2.34. The summed E-state index contributed by atoms with van der Waals surface area (Å²) in [5.74, 6) is 0. The first-order valence-electron chi connectivity index (χ1n) is 4.86. The summed E-state index contributed by atoms with van der Waals surface area (Å²) in [5.41, 5.74) is -1.11. The van der Waals surface area contributed by atoms with Crippen LogP contribution in [0.5, 0.6) is 0 Å². The molecule has 0 amide bonds. The van der Waals surface area contributed by atoms with Gasteiger partial charge in [0.05, 0.1) is 10.6 Å². The fraction of sp³-hybridized carbons (Fsp3) is 0.100. The van der Waals surface area contributed by atoms with Crippen LogP contribution < -0.4 is 0 Å². The Balaban J connectivity index is 2.42. The number of aromatic nitrogens is 2. The van der Waals surface area contributed by atoms with Crippen molar-refractivity contribution >= 4 is 17.3 Å². The summed E-state index contributed by atoms with van der Waals surface area (Å²) < 4.78 is 38.2. The Morgan fingerprint density at radius 3 is 2.26 bits per heavy atom. The molecule has 100 valence electrons. The van der Waals surface area contributed by atoms with Crippen LogP contribution in [0.25, 0.3) is 5.69 Å². The van der Waals surface area contributed by atoms with E-state index in [2.05, 4.69) is 5.10 Å². The molecule has 0 spiro atoms. The van der Waals surface area contributed by atoms with Crippen molar-refractivity contribution in [2.45, 2.75) is 6.18 Å². The summed E-state index contributed by atoms with van der Waals surface area (Å²) in [6, 6.07) is 5.51. The summed E-state index contributed by atoms with van der Waals surface area (Å²) in [5, 5.41) is 13.5. The van der Waals surface area contributed by atoms with Gasteiger partial charge in [0.2, 0.25) is 0 Å². The zero-order valence-electron chi connectivity index (χ0n) is 9.06. The molecule has 0 radical (unpaired) electrons. The molecule has 0 aliphatic carbocycles.